The second-order valence-corrected chi connectivity index (χ2v) is 7.47. The van der Waals surface area contributed by atoms with Gasteiger partial charge in [-0.05, 0) is 52.0 Å². The Morgan fingerprint density at radius 1 is 0.767 bits per heavy atom. The maximum Gasteiger partial charge on any atom is 0.257 e. The summed E-state index contributed by atoms with van der Waals surface area (Å²) in [5, 5.41) is 0. The molecule has 2 amide bonds. The minimum atomic E-state index is -0.119. The summed E-state index contributed by atoms with van der Waals surface area (Å²) >= 11 is 0. The van der Waals surface area contributed by atoms with E-state index in [0.717, 1.165) is 0 Å². The van der Waals surface area contributed by atoms with E-state index in [1.54, 1.807) is 12.1 Å². The molecular weight excluding hydrogens is 380 g/mol. The van der Waals surface area contributed by atoms with Gasteiger partial charge in [-0.1, -0.05) is 24.3 Å². The van der Waals surface area contributed by atoms with Crippen molar-refractivity contribution in [3.05, 3.63) is 59.7 Å². The molecule has 1 saturated heterocycles. The number of hydrogen-bond acceptors (Lipinski definition) is 4. The molecule has 0 N–H and O–H groups in total. The fourth-order valence-electron chi connectivity index (χ4n) is 3.85. The highest BCUT2D eigenvalue weighted by Gasteiger charge is 2.36. The average Bonchev–Trinajstić information content (AvgIpc) is 2.75. The van der Waals surface area contributed by atoms with Crippen LogP contribution < -0.4 is 9.47 Å². The minimum Gasteiger partial charge on any atom is -0.493 e. The zero-order valence-corrected chi connectivity index (χ0v) is 18.1. The van der Waals surface area contributed by atoms with Crippen LogP contribution >= 0.6 is 0 Å². The van der Waals surface area contributed by atoms with Gasteiger partial charge in [-0.15, -0.1) is 0 Å². The number of ether oxygens (including phenoxy) is 2. The predicted molar refractivity (Wildman–Crippen MR) is 116 cm³/mol. The molecular formula is C24H30N2O4. The lowest BCUT2D eigenvalue weighted by Crippen LogP contribution is -2.59. The van der Waals surface area contributed by atoms with E-state index in [9.17, 15) is 9.59 Å². The van der Waals surface area contributed by atoms with Gasteiger partial charge in [0.1, 0.15) is 11.5 Å². The maximum absolute atomic E-state index is 13.3. The largest absolute Gasteiger partial charge is 0.493 e. The molecule has 1 aliphatic rings. The number of hydrogen-bond donors (Lipinski definition) is 0. The molecule has 3 rings (SSSR count). The summed E-state index contributed by atoms with van der Waals surface area (Å²) in [5.74, 6) is 1.04. The zero-order valence-electron chi connectivity index (χ0n) is 18.1. The smallest absolute Gasteiger partial charge is 0.257 e. The lowest BCUT2D eigenvalue weighted by atomic mass is 10.0. The van der Waals surface area contributed by atoms with E-state index in [1.807, 2.05) is 73.9 Å². The van der Waals surface area contributed by atoms with Crippen molar-refractivity contribution >= 4 is 11.8 Å². The van der Waals surface area contributed by atoms with Crippen molar-refractivity contribution in [1.29, 1.82) is 0 Å². The quantitative estimate of drug-likeness (QED) is 0.726. The van der Waals surface area contributed by atoms with Crippen LogP contribution in [0.2, 0.25) is 0 Å². The first-order valence-corrected chi connectivity index (χ1v) is 10.5. The first-order chi connectivity index (χ1) is 14.5. The van der Waals surface area contributed by atoms with Crippen molar-refractivity contribution in [3.8, 4) is 11.5 Å². The van der Waals surface area contributed by atoms with Crippen LogP contribution in [0.5, 0.6) is 11.5 Å². The molecule has 0 radical (unpaired) electrons. The molecule has 0 aliphatic carbocycles. The Hall–Kier alpha value is -3.02. The second kappa shape index (κ2) is 9.65. The Morgan fingerprint density at radius 3 is 1.50 bits per heavy atom. The van der Waals surface area contributed by atoms with Gasteiger partial charge in [0.2, 0.25) is 0 Å². The number of rotatable bonds is 6. The average molecular weight is 411 g/mol. The zero-order chi connectivity index (χ0) is 21.7. The summed E-state index contributed by atoms with van der Waals surface area (Å²) in [5.41, 5.74) is 1.11. The van der Waals surface area contributed by atoms with Crippen LogP contribution in [-0.4, -0.2) is 60.0 Å². The highest BCUT2D eigenvalue weighted by Crippen LogP contribution is 2.27. The van der Waals surface area contributed by atoms with Gasteiger partial charge in [0.05, 0.1) is 24.3 Å². The van der Waals surface area contributed by atoms with Gasteiger partial charge >= 0.3 is 0 Å². The van der Waals surface area contributed by atoms with Gasteiger partial charge in [-0.25, -0.2) is 0 Å². The summed E-state index contributed by atoms with van der Waals surface area (Å²) in [7, 11) is 0. The first kappa shape index (κ1) is 21.7. The summed E-state index contributed by atoms with van der Waals surface area (Å²) in [4.78, 5) is 30.2. The van der Waals surface area contributed by atoms with Gasteiger partial charge in [-0.2, -0.15) is 0 Å². The molecule has 2 atom stereocenters. The summed E-state index contributed by atoms with van der Waals surface area (Å²) < 4.78 is 11.3. The molecule has 6 heteroatoms. The number of benzene rings is 2. The van der Waals surface area contributed by atoms with E-state index in [4.69, 9.17) is 9.47 Å². The minimum absolute atomic E-state index is 0.0692. The molecule has 0 unspecified atom stereocenters. The van der Waals surface area contributed by atoms with Crippen LogP contribution in [0.1, 0.15) is 48.4 Å². The molecule has 0 spiro atoms. The second-order valence-electron chi connectivity index (χ2n) is 7.47. The van der Waals surface area contributed by atoms with Crippen LogP contribution in [0, 0.1) is 0 Å². The van der Waals surface area contributed by atoms with Crippen LogP contribution in [0.15, 0.2) is 48.5 Å². The number of nitrogens with zero attached hydrogens (tertiary/aromatic N) is 2. The van der Waals surface area contributed by atoms with E-state index in [1.165, 1.54) is 0 Å². The van der Waals surface area contributed by atoms with Gasteiger partial charge in [-0.3, -0.25) is 9.59 Å². The Bertz CT molecular complexity index is 825. The van der Waals surface area contributed by atoms with Crippen molar-refractivity contribution in [2.24, 2.45) is 0 Å². The Balaban J connectivity index is 1.79. The van der Waals surface area contributed by atoms with E-state index < -0.39 is 0 Å². The normalized spacial score (nSPS) is 18.8. The lowest BCUT2D eigenvalue weighted by Gasteiger charge is -2.44. The third kappa shape index (κ3) is 4.42. The monoisotopic (exact) mass is 410 g/mol. The number of carbonyl (C=O) groups excluding carboxylic acids is 2. The van der Waals surface area contributed by atoms with Crippen molar-refractivity contribution in [2.45, 2.75) is 39.8 Å². The summed E-state index contributed by atoms with van der Waals surface area (Å²) in [6.45, 7) is 9.66. The predicted octanol–water partition coefficient (Wildman–Crippen LogP) is 3.86. The third-order valence-electron chi connectivity index (χ3n) is 5.34. The molecule has 1 fully saturated rings. The summed E-state index contributed by atoms with van der Waals surface area (Å²) in [6.07, 6.45) is 0. The molecule has 0 aromatic heterocycles. The number of amides is 2. The van der Waals surface area contributed by atoms with Gasteiger partial charge in [0.25, 0.3) is 11.8 Å². The topological polar surface area (TPSA) is 59.1 Å². The molecule has 30 heavy (non-hydrogen) atoms. The molecule has 6 nitrogen and oxygen atoms in total. The molecule has 2 aromatic carbocycles. The van der Waals surface area contributed by atoms with Crippen LogP contribution in [0.4, 0.5) is 0 Å². The lowest BCUT2D eigenvalue weighted by molar-refractivity contribution is 0.0266. The van der Waals surface area contributed by atoms with E-state index >= 15 is 0 Å². The van der Waals surface area contributed by atoms with Crippen molar-refractivity contribution in [1.82, 2.24) is 9.80 Å². The van der Waals surface area contributed by atoms with Crippen molar-refractivity contribution in [2.75, 3.05) is 26.3 Å². The molecule has 1 aliphatic heterocycles. The highest BCUT2D eigenvalue weighted by atomic mass is 16.5. The molecule has 2 aromatic rings. The van der Waals surface area contributed by atoms with Gasteiger partial charge in [0, 0.05) is 25.2 Å². The molecule has 160 valence electrons. The number of carbonyl (C=O) groups is 2. The number of para-hydroxylation sites is 2. The van der Waals surface area contributed by atoms with Crippen LogP contribution in [0.25, 0.3) is 0 Å². The first-order valence-electron chi connectivity index (χ1n) is 10.5. The van der Waals surface area contributed by atoms with Gasteiger partial charge in [0.15, 0.2) is 0 Å². The van der Waals surface area contributed by atoms with Crippen molar-refractivity contribution in [3.63, 3.8) is 0 Å². The van der Waals surface area contributed by atoms with Crippen molar-refractivity contribution < 1.29 is 19.1 Å². The Labute approximate surface area is 178 Å². The van der Waals surface area contributed by atoms with E-state index in [-0.39, 0.29) is 23.9 Å². The van der Waals surface area contributed by atoms with Crippen LogP contribution in [0.3, 0.4) is 0 Å². The highest BCUT2D eigenvalue weighted by molar-refractivity contribution is 5.99. The Kier molecular flexibility index (Phi) is 6.98. The fourth-order valence-corrected chi connectivity index (χ4v) is 3.85. The summed E-state index contributed by atoms with van der Waals surface area (Å²) in [6, 6.07) is 14.4. The third-order valence-corrected chi connectivity index (χ3v) is 5.34. The number of piperazine rings is 1. The molecule has 0 bridgehead atoms. The Morgan fingerprint density at radius 2 is 1.13 bits per heavy atom. The van der Waals surface area contributed by atoms with E-state index in [2.05, 4.69) is 0 Å². The van der Waals surface area contributed by atoms with Crippen LogP contribution in [-0.2, 0) is 0 Å². The standard InChI is InChI=1S/C24H30N2O4/c1-5-29-21-13-9-7-11-19(21)23(27)25-15-18(4)26(16-17(25)3)24(28)20-12-8-10-14-22(20)30-6-2/h7-14,17-18H,5-6,15-16H2,1-4H3/t17-,18+. The maximum atomic E-state index is 13.3. The van der Waals surface area contributed by atoms with Gasteiger partial charge < -0.3 is 19.3 Å². The fraction of sp³-hybridized carbons (Fsp3) is 0.417. The molecule has 1 heterocycles. The SMILES string of the molecule is CCOc1ccccc1C(=O)N1C[C@H](C)N(C(=O)c2ccccc2OCC)C[C@H]1C. The molecule has 0 saturated carbocycles. The van der Waals surface area contributed by atoms with E-state index in [0.29, 0.717) is 48.9 Å².